The highest BCUT2D eigenvalue weighted by Gasteiger charge is 2.23. The molecule has 0 spiro atoms. The minimum atomic E-state index is -0.532. The number of rotatable bonds is 10. The Morgan fingerprint density at radius 3 is 2.74 bits per heavy atom. The zero-order valence-corrected chi connectivity index (χ0v) is 20.4. The van der Waals surface area contributed by atoms with Crippen molar-refractivity contribution >= 4 is 40.7 Å². The molecule has 178 valence electrons. The van der Waals surface area contributed by atoms with Gasteiger partial charge in [-0.05, 0) is 43.2 Å². The zero-order chi connectivity index (χ0) is 24.7. The third kappa shape index (κ3) is 5.95. The summed E-state index contributed by atoms with van der Waals surface area (Å²) >= 11 is 12.5. The van der Waals surface area contributed by atoms with Crippen LogP contribution in [0.1, 0.15) is 46.2 Å². The third-order valence-corrected chi connectivity index (χ3v) is 5.32. The van der Waals surface area contributed by atoms with Crippen LogP contribution in [0.2, 0.25) is 10.0 Å². The maximum atomic E-state index is 13.4. The van der Waals surface area contributed by atoms with Gasteiger partial charge in [-0.2, -0.15) is 0 Å². The van der Waals surface area contributed by atoms with E-state index in [-0.39, 0.29) is 35.5 Å². The Balaban J connectivity index is 2.00. The molecule has 0 saturated heterocycles. The van der Waals surface area contributed by atoms with Gasteiger partial charge in [0, 0.05) is 23.8 Å². The van der Waals surface area contributed by atoms with Crippen molar-refractivity contribution in [2.24, 2.45) is 0 Å². The van der Waals surface area contributed by atoms with Crippen molar-refractivity contribution in [2.45, 2.75) is 26.7 Å². The molecule has 2 aromatic heterocycles. The summed E-state index contributed by atoms with van der Waals surface area (Å²) in [6.45, 7) is 8.13. The van der Waals surface area contributed by atoms with Gasteiger partial charge in [0.15, 0.2) is 5.82 Å². The number of pyridine rings is 1. The number of benzene rings is 1. The molecule has 8 nitrogen and oxygen atoms in total. The molecule has 0 saturated carbocycles. The van der Waals surface area contributed by atoms with Crippen LogP contribution in [-0.2, 0) is 0 Å². The van der Waals surface area contributed by atoms with E-state index in [4.69, 9.17) is 27.9 Å². The minimum Gasteiger partial charge on any atom is -0.472 e. The molecular weight excluding hydrogens is 477 g/mol. The number of hydrogen-bond acceptors (Lipinski definition) is 5. The third-order valence-electron chi connectivity index (χ3n) is 4.81. The molecule has 3 rings (SSSR count). The lowest BCUT2D eigenvalue weighted by Gasteiger charge is -2.15. The van der Waals surface area contributed by atoms with Gasteiger partial charge in [0.05, 0.1) is 16.3 Å². The fourth-order valence-corrected chi connectivity index (χ4v) is 3.64. The van der Waals surface area contributed by atoms with E-state index in [1.54, 1.807) is 31.2 Å². The summed E-state index contributed by atoms with van der Waals surface area (Å²) in [6.07, 6.45) is 4.88. The molecule has 0 aliphatic heterocycles. The molecule has 0 radical (unpaired) electrons. The molecular formula is C24H25Cl2N5O3. The van der Waals surface area contributed by atoms with E-state index in [0.29, 0.717) is 27.8 Å². The standard InChI is InChI=1S/C24H25Cl2N5O3/c1-4-6-9-28-23(32)17-13-16(25)12-15(3)21(17)29-24(33)19-14-20(34-11-5-2)30-31(19)22-18(26)8-7-10-27-22/h5,7-8,10,12-14H,2,4,6,9,11H2,1,3H3,(H,28,32)(H,29,33). The van der Waals surface area contributed by atoms with E-state index in [1.807, 2.05) is 6.92 Å². The lowest BCUT2D eigenvalue weighted by atomic mass is 10.1. The SMILES string of the molecule is C=CCOc1cc(C(=O)Nc2c(C)cc(Cl)cc2C(=O)NCCCC)n(-c2ncccc2Cl)n1. The van der Waals surface area contributed by atoms with Crippen molar-refractivity contribution in [3.8, 4) is 11.7 Å². The van der Waals surface area contributed by atoms with Gasteiger partial charge in [0.2, 0.25) is 5.88 Å². The van der Waals surface area contributed by atoms with Crippen molar-refractivity contribution < 1.29 is 14.3 Å². The molecule has 2 amide bonds. The second kappa shape index (κ2) is 11.7. The smallest absolute Gasteiger partial charge is 0.274 e. The predicted octanol–water partition coefficient (Wildman–Crippen LogP) is 5.23. The van der Waals surface area contributed by atoms with Gasteiger partial charge >= 0.3 is 0 Å². The molecule has 3 aromatic rings. The number of amides is 2. The lowest BCUT2D eigenvalue weighted by Crippen LogP contribution is -2.27. The van der Waals surface area contributed by atoms with Gasteiger partial charge in [-0.15, -0.1) is 5.10 Å². The Morgan fingerprint density at radius 1 is 1.24 bits per heavy atom. The number of halogens is 2. The van der Waals surface area contributed by atoms with E-state index in [1.165, 1.54) is 23.0 Å². The van der Waals surface area contributed by atoms with Crippen molar-refractivity contribution in [2.75, 3.05) is 18.5 Å². The van der Waals surface area contributed by atoms with Crippen LogP contribution in [0.4, 0.5) is 5.69 Å². The average Bonchev–Trinajstić information content (AvgIpc) is 3.23. The van der Waals surface area contributed by atoms with E-state index in [0.717, 1.165) is 12.8 Å². The molecule has 10 heteroatoms. The number of nitrogens with one attached hydrogen (secondary N) is 2. The Kier molecular flexibility index (Phi) is 8.67. The first kappa shape index (κ1) is 25.3. The normalized spacial score (nSPS) is 10.6. The van der Waals surface area contributed by atoms with E-state index >= 15 is 0 Å². The highest BCUT2D eigenvalue weighted by molar-refractivity contribution is 6.32. The van der Waals surface area contributed by atoms with Gasteiger partial charge in [-0.25, -0.2) is 9.67 Å². The minimum absolute atomic E-state index is 0.117. The maximum Gasteiger partial charge on any atom is 0.274 e. The fourth-order valence-electron chi connectivity index (χ4n) is 3.17. The topological polar surface area (TPSA) is 98.1 Å². The summed E-state index contributed by atoms with van der Waals surface area (Å²) < 4.78 is 6.81. The number of carbonyl (C=O) groups is 2. The number of aromatic nitrogens is 3. The molecule has 34 heavy (non-hydrogen) atoms. The Labute approximate surface area is 207 Å². The summed E-state index contributed by atoms with van der Waals surface area (Å²) in [5.74, 6) is -0.411. The molecule has 0 aliphatic rings. The maximum absolute atomic E-state index is 13.4. The number of anilines is 1. The summed E-state index contributed by atoms with van der Waals surface area (Å²) in [6, 6.07) is 7.98. The summed E-state index contributed by atoms with van der Waals surface area (Å²) in [5.41, 5.74) is 1.36. The quantitative estimate of drug-likeness (QED) is 0.292. The summed E-state index contributed by atoms with van der Waals surface area (Å²) in [4.78, 5) is 30.5. The monoisotopic (exact) mass is 501 g/mol. The number of hydrogen-bond donors (Lipinski definition) is 2. The van der Waals surface area contributed by atoms with E-state index < -0.39 is 5.91 Å². The lowest BCUT2D eigenvalue weighted by molar-refractivity contribution is 0.0954. The van der Waals surface area contributed by atoms with Crippen LogP contribution in [0, 0.1) is 6.92 Å². The average molecular weight is 502 g/mol. The molecule has 2 N–H and O–H groups in total. The van der Waals surface area contributed by atoms with Gasteiger partial charge in [-0.1, -0.05) is 49.2 Å². The summed E-state index contributed by atoms with van der Waals surface area (Å²) in [7, 11) is 0. The first-order chi connectivity index (χ1) is 16.3. The fraction of sp³-hybridized carbons (Fsp3) is 0.250. The zero-order valence-electron chi connectivity index (χ0n) is 18.9. The van der Waals surface area contributed by atoms with Gasteiger partial charge in [-0.3, -0.25) is 9.59 Å². The highest BCUT2D eigenvalue weighted by atomic mass is 35.5. The highest BCUT2D eigenvalue weighted by Crippen LogP contribution is 2.28. The van der Waals surface area contributed by atoms with E-state index in [2.05, 4.69) is 27.3 Å². The van der Waals surface area contributed by atoms with Crippen LogP contribution in [0.5, 0.6) is 5.88 Å². The largest absolute Gasteiger partial charge is 0.472 e. The van der Waals surface area contributed by atoms with Gasteiger partial charge in [0.25, 0.3) is 11.8 Å². The van der Waals surface area contributed by atoms with Crippen LogP contribution >= 0.6 is 23.2 Å². The Hall–Kier alpha value is -3.36. The van der Waals surface area contributed by atoms with Crippen LogP contribution in [-0.4, -0.2) is 39.7 Å². The molecule has 1 aromatic carbocycles. The number of unbranched alkanes of at least 4 members (excludes halogenated alkanes) is 1. The molecule has 0 bridgehead atoms. The van der Waals surface area contributed by atoms with Crippen molar-refractivity contribution in [3.63, 3.8) is 0 Å². The molecule has 0 atom stereocenters. The number of ether oxygens (including phenoxy) is 1. The van der Waals surface area contributed by atoms with Crippen LogP contribution in [0.3, 0.4) is 0 Å². The molecule has 0 fully saturated rings. The van der Waals surface area contributed by atoms with Crippen molar-refractivity contribution in [1.82, 2.24) is 20.1 Å². The van der Waals surface area contributed by atoms with Crippen LogP contribution < -0.4 is 15.4 Å². The van der Waals surface area contributed by atoms with Crippen molar-refractivity contribution in [3.05, 3.63) is 76.0 Å². The number of carbonyl (C=O) groups excluding carboxylic acids is 2. The first-order valence-corrected chi connectivity index (χ1v) is 11.5. The second-order valence-corrected chi connectivity index (χ2v) is 8.24. The first-order valence-electron chi connectivity index (χ1n) is 10.7. The molecule has 0 unspecified atom stereocenters. The molecule has 0 aliphatic carbocycles. The van der Waals surface area contributed by atoms with Crippen molar-refractivity contribution in [1.29, 1.82) is 0 Å². The van der Waals surface area contributed by atoms with Gasteiger partial charge < -0.3 is 15.4 Å². The molecule has 2 heterocycles. The predicted molar refractivity (Wildman–Crippen MR) is 133 cm³/mol. The Morgan fingerprint density at radius 2 is 2.03 bits per heavy atom. The second-order valence-electron chi connectivity index (χ2n) is 7.40. The number of aryl methyl sites for hydroxylation is 1. The summed E-state index contributed by atoms with van der Waals surface area (Å²) in [5, 5.41) is 10.7. The van der Waals surface area contributed by atoms with Crippen LogP contribution in [0.25, 0.3) is 5.82 Å². The van der Waals surface area contributed by atoms with Crippen LogP contribution in [0.15, 0.2) is 49.2 Å². The Bertz CT molecular complexity index is 1210. The van der Waals surface area contributed by atoms with E-state index in [9.17, 15) is 9.59 Å². The van der Waals surface area contributed by atoms with Gasteiger partial charge in [0.1, 0.15) is 12.3 Å². The number of nitrogens with zero attached hydrogens (tertiary/aromatic N) is 3.